The molecule has 1 atom stereocenters. The van der Waals surface area contributed by atoms with Gasteiger partial charge in [-0.25, -0.2) is 9.97 Å². The molecule has 1 saturated carbocycles. The van der Waals surface area contributed by atoms with Crippen LogP contribution in [0.3, 0.4) is 0 Å². The Bertz CT molecular complexity index is 723. The van der Waals surface area contributed by atoms with Gasteiger partial charge in [-0.3, -0.25) is 9.59 Å². The third-order valence-electron chi connectivity index (χ3n) is 3.30. The lowest BCUT2D eigenvalue weighted by Gasteiger charge is -2.02. The molecule has 2 aromatic rings. The number of anilines is 1. The number of amides is 2. The number of hydrogen-bond donors (Lipinski definition) is 2. The molecule has 3 rings (SSSR count). The summed E-state index contributed by atoms with van der Waals surface area (Å²) in [5.41, 5.74) is 5.92. The fourth-order valence-corrected chi connectivity index (χ4v) is 4.79. The summed E-state index contributed by atoms with van der Waals surface area (Å²) in [6.45, 7) is 1.74. The van der Waals surface area contributed by atoms with E-state index in [-0.39, 0.29) is 23.5 Å². The number of nitrogens with one attached hydrogen (secondary N) is 1. The molecule has 0 bridgehead atoms. The summed E-state index contributed by atoms with van der Waals surface area (Å²) in [6, 6.07) is 0. The molecule has 1 aliphatic carbocycles. The summed E-state index contributed by atoms with van der Waals surface area (Å²) in [6.07, 6.45) is 4.48. The summed E-state index contributed by atoms with van der Waals surface area (Å²) in [7, 11) is 0. The van der Waals surface area contributed by atoms with E-state index in [1.54, 1.807) is 18.3 Å². The van der Waals surface area contributed by atoms with Crippen molar-refractivity contribution >= 4 is 51.4 Å². The first-order valence-corrected chi connectivity index (χ1v) is 9.75. The molecule has 9 heteroatoms. The van der Waals surface area contributed by atoms with E-state index in [9.17, 15) is 9.59 Å². The van der Waals surface area contributed by atoms with Crippen LogP contribution in [0.4, 0.5) is 5.13 Å². The molecule has 122 valence electrons. The zero-order valence-electron chi connectivity index (χ0n) is 12.4. The Balaban J connectivity index is 1.53. The number of aromatic nitrogens is 2. The molecule has 1 fully saturated rings. The van der Waals surface area contributed by atoms with Gasteiger partial charge in [0.05, 0.1) is 17.4 Å². The van der Waals surface area contributed by atoms with Crippen LogP contribution in [0.1, 0.15) is 36.3 Å². The SMILES string of the molecule is CC(Sc1nc(CC(=O)Nc2ncc(C3CC3)s2)cs1)C(N)=O. The van der Waals surface area contributed by atoms with Gasteiger partial charge in [0.25, 0.3) is 0 Å². The van der Waals surface area contributed by atoms with E-state index in [0.717, 1.165) is 4.34 Å². The van der Waals surface area contributed by atoms with E-state index < -0.39 is 0 Å². The van der Waals surface area contributed by atoms with E-state index in [0.29, 0.717) is 16.7 Å². The Morgan fingerprint density at radius 3 is 3.00 bits per heavy atom. The first kappa shape index (κ1) is 16.4. The summed E-state index contributed by atoms with van der Waals surface area (Å²) in [5, 5.41) is 4.95. The lowest BCUT2D eigenvalue weighted by atomic mass is 10.3. The first-order valence-electron chi connectivity index (χ1n) is 7.17. The van der Waals surface area contributed by atoms with Gasteiger partial charge in [0.15, 0.2) is 9.47 Å². The Hall–Kier alpha value is -1.45. The van der Waals surface area contributed by atoms with Crippen LogP contribution in [0.2, 0.25) is 0 Å². The molecule has 0 aliphatic heterocycles. The van der Waals surface area contributed by atoms with Crippen LogP contribution >= 0.6 is 34.4 Å². The second-order valence-electron chi connectivity index (χ2n) is 5.33. The van der Waals surface area contributed by atoms with Gasteiger partial charge < -0.3 is 11.1 Å². The van der Waals surface area contributed by atoms with Crippen molar-refractivity contribution in [3.63, 3.8) is 0 Å². The number of rotatable bonds is 7. The number of carbonyl (C=O) groups excluding carboxylic acids is 2. The van der Waals surface area contributed by atoms with Crippen LogP contribution in [0.15, 0.2) is 15.9 Å². The van der Waals surface area contributed by atoms with E-state index in [4.69, 9.17) is 5.73 Å². The normalized spacial score (nSPS) is 15.3. The van der Waals surface area contributed by atoms with Crippen molar-refractivity contribution in [3.05, 3.63) is 22.1 Å². The summed E-state index contributed by atoms with van der Waals surface area (Å²) < 4.78 is 0.740. The van der Waals surface area contributed by atoms with Crippen molar-refractivity contribution in [2.45, 2.75) is 41.7 Å². The Morgan fingerprint density at radius 2 is 2.30 bits per heavy atom. The monoisotopic (exact) mass is 368 g/mol. The van der Waals surface area contributed by atoms with Crippen LogP contribution < -0.4 is 11.1 Å². The average molecular weight is 369 g/mol. The summed E-state index contributed by atoms with van der Waals surface area (Å²) >= 11 is 4.26. The van der Waals surface area contributed by atoms with Gasteiger partial charge in [0, 0.05) is 16.5 Å². The molecule has 23 heavy (non-hydrogen) atoms. The maximum atomic E-state index is 12.1. The predicted molar refractivity (Wildman–Crippen MR) is 93.1 cm³/mol. The average Bonchev–Trinajstić information content (AvgIpc) is 3.09. The third kappa shape index (κ3) is 4.52. The molecular formula is C14H16N4O2S3. The van der Waals surface area contributed by atoms with Crippen molar-refractivity contribution in [1.82, 2.24) is 9.97 Å². The van der Waals surface area contributed by atoms with Gasteiger partial charge in [-0.05, 0) is 25.7 Å². The maximum absolute atomic E-state index is 12.1. The minimum atomic E-state index is -0.375. The largest absolute Gasteiger partial charge is 0.369 e. The van der Waals surface area contributed by atoms with Gasteiger partial charge in [-0.2, -0.15) is 0 Å². The van der Waals surface area contributed by atoms with Crippen molar-refractivity contribution in [2.75, 3.05) is 5.32 Å². The van der Waals surface area contributed by atoms with Crippen molar-refractivity contribution in [1.29, 1.82) is 0 Å². The number of primary amides is 1. The minimum absolute atomic E-state index is 0.133. The molecule has 0 radical (unpaired) electrons. The van der Waals surface area contributed by atoms with E-state index in [1.807, 2.05) is 11.6 Å². The van der Waals surface area contributed by atoms with Gasteiger partial charge in [-0.1, -0.05) is 11.8 Å². The van der Waals surface area contributed by atoms with E-state index in [2.05, 4.69) is 15.3 Å². The standard InChI is InChI=1S/C14H16N4O2S3/c1-7(12(15)20)22-14-17-9(6-21-14)4-11(19)18-13-16-5-10(23-13)8-2-3-8/h5-8H,2-4H2,1H3,(H2,15,20)(H,16,18,19). The van der Waals surface area contributed by atoms with Crippen molar-refractivity contribution in [2.24, 2.45) is 5.73 Å². The number of thioether (sulfide) groups is 1. The Morgan fingerprint density at radius 1 is 1.52 bits per heavy atom. The van der Waals surface area contributed by atoms with Crippen LogP contribution in [-0.2, 0) is 16.0 Å². The highest BCUT2D eigenvalue weighted by Crippen LogP contribution is 2.43. The van der Waals surface area contributed by atoms with Crippen molar-refractivity contribution in [3.8, 4) is 0 Å². The van der Waals surface area contributed by atoms with Gasteiger partial charge in [0.2, 0.25) is 11.8 Å². The molecule has 1 aliphatic rings. The predicted octanol–water partition coefficient (Wildman–Crippen LogP) is 2.62. The number of hydrogen-bond acceptors (Lipinski definition) is 7. The van der Waals surface area contributed by atoms with E-state index in [1.165, 1.54) is 40.8 Å². The number of nitrogens with two attached hydrogens (primary N) is 1. The fraction of sp³-hybridized carbons (Fsp3) is 0.429. The van der Waals surface area contributed by atoms with E-state index >= 15 is 0 Å². The van der Waals surface area contributed by atoms with Crippen molar-refractivity contribution < 1.29 is 9.59 Å². The minimum Gasteiger partial charge on any atom is -0.369 e. The summed E-state index contributed by atoms with van der Waals surface area (Å²) in [4.78, 5) is 32.9. The van der Waals surface area contributed by atoms with Crippen LogP contribution in [0.5, 0.6) is 0 Å². The van der Waals surface area contributed by atoms with Gasteiger partial charge >= 0.3 is 0 Å². The fourth-order valence-electron chi connectivity index (χ4n) is 1.86. The van der Waals surface area contributed by atoms with Gasteiger partial charge in [-0.15, -0.1) is 22.7 Å². The molecule has 1 unspecified atom stereocenters. The molecular weight excluding hydrogens is 352 g/mol. The molecule has 2 heterocycles. The zero-order chi connectivity index (χ0) is 16.4. The highest BCUT2D eigenvalue weighted by molar-refractivity contribution is 8.02. The highest BCUT2D eigenvalue weighted by Gasteiger charge is 2.26. The second-order valence-corrected chi connectivity index (χ2v) is 8.84. The molecule has 6 nitrogen and oxygen atoms in total. The Labute approximate surface area is 145 Å². The number of thiazole rings is 2. The van der Waals surface area contributed by atoms with Crippen LogP contribution in [-0.4, -0.2) is 27.0 Å². The van der Waals surface area contributed by atoms with Crippen LogP contribution in [0.25, 0.3) is 0 Å². The molecule has 3 N–H and O–H groups in total. The molecule has 0 spiro atoms. The second kappa shape index (κ2) is 6.98. The summed E-state index contributed by atoms with van der Waals surface area (Å²) in [5.74, 6) is 0.134. The maximum Gasteiger partial charge on any atom is 0.232 e. The quantitative estimate of drug-likeness (QED) is 0.732. The Kier molecular flexibility index (Phi) is 4.98. The highest BCUT2D eigenvalue weighted by atomic mass is 32.2. The number of nitrogens with zero attached hydrogens (tertiary/aromatic N) is 2. The molecule has 0 aromatic carbocycles. The first-order chi connectivity index (χ1) is 11.0. The zero-order valence-corrected chi connectivity index (χ0v) is 14.9. The lowest BCUT2D eigenvalue weighted by molar-refractivity contribution is -0.117. The topological polar surface area (TPSA) is 98.0 Å². The third-order valence-corrected chi connectivity index (χ3v) is 6.51. The molecule has 2 aromatic heterocycles. The molecule has 2 amide bonds. The smallest absolute Gasteiger partial charge is 0.232 e. The van der Waals surface area contributed by atoms with Gasteiger partial charge in [0.1, 0.15) is 0 Å². The lowest BCUT2D eigenvalue weighted by Crippen LogP contribution is -2.22. The number of carbonyl (C=O) groups is 2. The van der Waals surface area contributed by atoms with Crippen LogP contribution in [0, 0.1) is 0 Å². The molecule has 0 saturated heterocycles.